The van der Waals surface area contributed by atoms with E-state index in [1.807, 2.05) is 0 Å². The molecular formula is C15H29F. The quantitative estimate of drug-likeness (QED) is 0.350. The highest BCUT2D eigenvalue weighted by atomic mass is 19.1. The fourth-order valence-corrected chi connectivity index (χ4v) is 1.99. The van der Waals surface area contributed by atoms with E-state index >= 15 is 0 Å². The second-order valence-electron chi connectivity index (χ2n) is 4.69. The van der Waals surface area contributed by atoms with E-state index in [4.69, 9.17) is 0 Å². The molecule has 0 amide bonds. The summed E-state index contributed by atoms with van der Waals surface area (Å²) in [7, 11) is 0. The van der Waals surface area contributed by atoms with E-state index in [1.54, 1.807) is 6.08 Å². The molecule has 0 saturated carbocycles. The van der Waals surface area contributed by atoms with Crippen molar-refractivity contribution in [2.75, 3.05) is 0 Å². The minimum absolute atomic E-state index is 0.663. The van der Waals surface area contributed by atoms with Crippen LogP contribution in [-0.4, -0.2) is 0 Å². The molecular weight excluding hydrogens is 199 g/mol. The molecule has 0 heterocycles. The molecule has 0 aliphatic rings. The number of hydrogen-bond acceptors (Lipinski definition) is 0. The van der Waals surface area contributed by atoms with E-state index < -0.39 is 0 Å². The maximum absolute atomic E-state index is 11.6. The lowest BCUT2D eigenvalue weighted by atomic mass is 10.1. The normalized spacial score (nSPS) is 11.4. The predicted molar refractivity (Wildman–Crippen MR) is 71.3 cm³/mol. The highest BCUT2D eigenvalue weighted by Gasteiger charge is 1.92. The summed E-state index contributed by atoms with van der Waals surface area (Å²) in [4.78, 5) is 0. The Kier molecular flexibility index (Phi) is 14.4. The van der Waals surface area contributed by atoms with Gasteiger partial charge in [-0.1, -0.05) is 77.2 Å². The number of unbranched alkanes of at least 4 members (excludes halogenated alkanes) is 11. The van der Waals surface area contributed by atoms with E-state index in [-0.39, 0.29) is 0 Å². The Labute approximate surface area is 101 Å². The summed E-state index contributed by atoms with van der Waals surface area (Å²) >= 11 is 0. The van der Waals surface area contributed by atoms with Gasteiger partial charge in [0.25, 0.3) is 0 Å². The fraction of sp³-hybridized carbons (Fsp3) is 0.867. The third-order valence-electron chi connectivity index (χ3n) is 3.06. The summed E-state index contributed by atoms with van der Waals surface area (Å²) in [6.07, 6.45) is 18.1. The molecule has 0 fully saturated rings. The zero-order valence-electron chi connectivity index (χ0n) is 11.0. The van der Waals surface area contributed by atoms with Crippen LogP contribution < -0.4 is 0 Å². The van der Waals surface area contributed by atoms with Crippen LogP contribution in [0.3, 0.4) is 0 Å². The molecule has 0 nitrogen and oxygen atoms in total. The first-order valence-corrected chi connectivity index (χ1v) is 7.17. The van der Waals surface area contributed by atoms with E-state index in [0.29, 0.717) is 6.33 Å². The average molecular weight is 228 g/mol. The van der Waals surface area contributed by atoms with E-state index in [2.05, 4.69) is 6.92 Å². The third-order valence-corrected chi connectivity index (χ3v) is 3.06. The molecule has 0 aliphatic carbocycles. The largest absolute Gasteiger partial charge is 0.216 e. The summed E-state index contributed by atoms with van der Waals surface area (Å²) in [5.74, 6) is 0. The van der Waals surface area contributed by atoms with Gasteiger partial charge in [0.15, 0.2) is 0 Å². The molecule has 0 aromatic carbocycles. The van der Waals surface area contributed by atoms with Crippen molar-refractivity contribution in [1.29, 1.82) is 0 Å². The maximum Gasteiger partial charge on any atom is 0.0827 e. The number of halogens is 1. The number of allylic oxidation sites excluding steroid dienone is 1. The Bertz CT molecular complexity index is 140. The van der Waals surface area contributed by atoms with Gasteiger partial charge in [-0.2, -0.15) is 0 Å². The molecule has 0 radical (unpaired) electrons. The number of hydrogen-bond donors (Lipinski definition) is 0. The van der Waals surface area contributed by atoms with Gasteiger partial charge in [-0.25, -0.2) is 4.39 Å². The standard InChI is InChI=1S/C15H29F/c1-2-3-4-5-6-7-8-9-10-11-12-13-14-15-16/h14-15H,2-13H2,1H3/b15-14+. The first-order chi connectivity index (χ1) is 7.91. The summed E-state index contributed by atoms with van der Waals surface area (Å²) in [5.41, 5.74) is 0. The minimum Gasteiger partial charge on any atom is -0.216 e. The van der Waals surface area contributed by atoms with E-state index in [1.165, 1.54) is 64.2 Å². The van der Waals surface area contributed by atoms with Gasteiger partial charge in [0.05, 0.1) is 6.33 Å². The summed E-state index contributed by atoms with van der Waals surface area (Å²) in [5, 5.41) is 0. The van der Waals surface area contributed by atoms with Gasteiger partial charge in [-0.3, -0.25) is 0 Å². The molecule has 0 aromatic rings. The monoisotopic (exact) mass is 228 g/mol. The van der Waals surface area contributed by atoms with Gasteiger partial charge in [0.1, 0.15) is 0 Å². The van der Waals surface area contributed by atoms with Crippen molar-refractivity contribution in [2.45, 2.75) is 84.0 Å². The second-order valence-corrected chi connectivity index (χ2v) is 4.69. The Morgan fingerprint density at radius 1 is 0.688 bits per heavy atom. The van der Waals surface area contributed by atoms with E-state index in [9.17, 15) is 4.39 Å². The molecule has 0 bridgehead atoms. The van der Waals surface area contributed by atoms with Crippen LogP contribution in [-0.2, 0) is 0 Å². The van der Waals surface area contributed by atoms with Gasteiger partial charge in [-0.05, 0) is 12.8 Å². The smallest absolute Gasteiger partial charge is 0.0827 e. The maximum atomic E-state index is 11.6. The first-order valence-electron chi connectivity index (χ1n) is 7.17. The lowest BCUT2D eigenvalue weighted by Crippen LogP contribution is -1.81. The van der Waals surface area contributed by atoms with Crippen molar-refractivity contribution < 1.29 is 4.39 Å². The molecule has 0 rings (SSSR count). The predicted octanol–water partition coefficient (Wildman–Crippen LogP) is 6.17. The van der Waals surface area contributed by atoms with Gasteiger partial charge in [-0.15, -0.1) is 0 Å². The van der Waals surface area contributed by atoms with Crippen LogP contribution in [0.15, 0.2) is 12.4 Å². The highest BCUT2D eigenvalue weighted by molar-refractivity contribution is 4.71. The van der Waals surface area contributed by atoms with Crippen molar-refractivity contribution in [3.8, 4) is 0 Å². The van der Waals surface area contributed by atoms with Crippen LogP contribution in [0, 0.1) is 0 Å². The molecule has 1 heteroatoms. The van der Waals surface area contributed by atoms with Crippen LogP contribution in [0.1, 0.15) is 84.0 Å². The molecule has 0 saturated heterocycles. The second kappa shape index (κ2) is 14.7. The molecule has 0 unspecified atom stereocenters. The average Bonchev–Trinajstić information content (AvgIpc) is 2.31. The van der Waals surface area contributed by atoms with Crippen molar-refractivity contribution in [3.63, 3.8) is 0 Å². The van der Waals surface area contributed by atoms with Crippen LogP contribution in [0.4, 0.5) is 4.39 Å². The topological polar surface area (TPSA) is 0 Å². The third kappa shape index (κ3) is 13.7. The van der Waals surface area contributed by atoms with Crippen molar-refractivity contribution in [3.05, 3.63) is 12.4 Å². The van der Waals surface area contributed by atoms with Gasteiger partial charge in [0.2, 0.25) is 0 Å². The first kappa shape index (κ1) is 15.7. The van der Waals surface area contributed by atoms with Crippen molar-refractivity contribution >= 4 is 0 Å². The van der Waals surface area contributed by atoms with Crippen molar-refractivity contribution in [2.24, 2.45) is 0 Å². The van der Waals surface area contributed by atoms with Gasteiger partial charge < -0.3 is 0 Å². The molecule has 0 spiro atoms. The van der Waals surface area contributed by atoms with Crippen LogP contribution >= 0.6 is 0 Å². The van der Waals surface area contributed by atoms with Crippen LogP contribution in [0.5, 0.6) is 0 Å². The van der Waals surface area contributed by atoms with Crippen molar-refractivity contribution in [1.82, 2.24) is 0 Å². The number of rotatable bonds is 12. The lowest BCUT2D eigenvalue weighted by molar-refractivity contribution is 0.550. The molecule has 0 atom stereocenters. The SMILES string of the molecule is CCCCCCCCCCCCC/C=C/F. The van der Waals surface area contributed by atoms with Crippen LogP contribution in [0.2, 0.25) is 0 Å². The molecule has 16 heavy (non-hydrogen) atoms. The Hall–Kier alpha value is -0.330. The van der Waals surface area contributed by atoms with Gasteiger partial charge in [0, 0.05) is 0 Å². The summed E-state index contributed by atoms with van der Waals surface area (Å²) in [6.45, 7) is 2.26. The summed E-state index contributed by atoms with van der Waals surface area (Å²) in [6, 6.07) is 0. The fourth-order valence-electron chi connectivity index (χ4n) is 1.99. The molecule has 96 valence electrons. The van der Waals surface area contributed by atoms with Gasteiger partial charge >= 0.3 is 0 Å². The Morgan fingerprint density at radius 3 is 1.56 bits per heavy atom. The Balaban J connectivity index is 2.88. The molecule has 0 aliphatic heterocycles. The van der Waals surface area contributed by atoms with E-state index in [0.717, 1.165) is 12.8 Å². The minimum atomic E-state index is 0.663. The molecule has 0 aromatic heterocycles. The highest BCUT2D eigenvalue weighted by Crippen LogP contribution is 2.11. The molecule has 0 N–H and O–H groups in total. The zero-order chi connectivity index (χ0) is 11.9. The Morgan fingerprint density at radius 2 is 1.12 bits per heavy atom. The lowest BCUT2D eigenvalue weighted by Gasteiger charge is -2.01. The summed E-state index contributed by atoms with van der Waals surface area (Å²) < 4.78 is 11.6. The van der Waals surface area contributed by atoms with Crippen LogP contribution in [0.25, 0.3) is 0 Å². The zero-order valence-corrected chi connectivity index (χ0v) is 11.0.